The molecule has 1 saturated carbocycles. The number of benzene rings is 1. The maximum Gasteiger partial charge on any atom is 0.327 e. The number of non-ortho nitro benzene ring substituents is 1. The van der Waals surface area contributed by atoms with Gasteiger partial charge >= 0.3 is 5.97 Å². The van der Waals surface area contributed by atoms with Gasteiger partial charge in [0.05, 0.1) is 10.8 Å². The fourth-order valence-electron chi connectivity index (χ4n) is 2.60. The van der Waals surface area contributed by atoms with Gasteiger partial charge in [-0.3, -0.25) is 19.7 Å². The van der Waals surface area contributed by atoms with Crippen LogP contribution in [0.1, 0.15) is 25.7 Å². The fraction of sp³-hybridized carbons (Fsp3) is 0.429. The average Bonchev–Trinajstić information content (AvgIpc) is 2.54. The number of nitro groups is 1. The van der Waals surface area contributed by atoms with Crippen LogP contribution >= 0.6 is 0 Å². The minimum atomic E-state index is -0.497. The van der Waals surface area contributed by atoms with Crippen molar-refractivity contribution in [1.29, 1.82) is 0 Å². The summed E-state index contributed by atoms with van der Waals surface area (Å²) in [5.41, 5.74) is 0.484. The van der Waals surface area contributed by atoms with E-state index in [0.29, 0.717) is 31.4 Å². The molecule has 22 heavy (non-hydrogen) atoms. The van der Waals surface area contributed by atoms with E-state index in [1.54, 1.807) is 0 Å². The summed E-state index contributed by atoms with van der Waals surface area (Å²) < 4.78 is 0. The molecule has 1 amide bonds. The van der Waals surface area contributed by atoms with Crippen molar-refractivity contribution in [2.75, 3.05) is 5.32 Å². The van der Waals surface area contributed by atoms with Crippen molar-refractivity contribution < 1.29 is 19.3 Å². The number of nitrogens with zero attached hydrogens (tertiary/aromatic N) is 1. The van der Waals surface area contributed by atoms with Crippen molar-refractivity contribution in [1.82, 2.24) is 0 Å². The van der Waals surface area contributed by atoms with E-state index in [9.17, 15) is 19.7 Å². The Bertz CT molecular complexity index is 564. The summed E-state index contributed by atoms with van der Waals surface area (Å²) in [4.78, 5) is 37.7. The van der Waals surface area contributed by atoms with Crippen LogP contribution in [0.5, 0.6) is 0 Å². The molecular weight excluding hydrogens is 290 g/mol. The minimum absolute atomic E-state index is 0.0289. The second-order valence-electron chi connectivity index (χ2n) is 5.28. The largest absolute Gasteiger partial charge is 0.373 e. The molecule has 3 N–H and O–H groups in total. The third kappa shape index (κ3) is 3.79. The summed E-state index contributed by atoms with van der Waals surface area (Å²) in [7, 11) is 0. The van der Waals surface area contributed by atoms with Gasteiger partial charge < -0.3 is 10.2 Å². The van der Waals surface area contributed by atoms with Crippen LogP contribution in [0.25, 0.3) is 0 Å². The fourth-order valence-corrected chi connectivity index (χ4v) is 2.60. The van der Waals surface area contributed by atoms with Gasteiger partial charge in [-0.25, -0.2) is 0 Å². The highest BCUT2D eigenvalue weighted by Gasteiger charge is 2.30. The lowest BCUT2D eigenvalue weighted by molar-refractivity contribution is -0.384. The number of amides is 1. The molecule has 0 atom stereocenters. The zero-order valence-electron chi connectivity index (χ0n) is 11.9. The van der Waals surface area contributed by atoms with E-state index in [4.69, 9.17) is 5.90 Å². The van der Waals surface area contributed by atoms with Crippen LogP contribution in [0.15, 0.2) is 24.3 Å². The van der Waals surface area contributed by atoms with E-state index in [2.05, 4.69) is 10.2 Å². The highest BCUT2D eigenvalue weighted by molar-refractivity contribution is 5.92. The zero-order valence-corrected chi connectivity index (χ0v) is 11.9. The van der Waals surface area contributed by atoms with Crippen LogP contribution in [0, 0.1) is 22.0 Å². The zero-order chi connectivity index (χ0) is 16.1. The van der Waals surface area contributed by atoms with Crippen molar-refractivity contribution in [2.45, 2.75) is 25.7 Å². The first-order valence-corrected chi connectivity index (χ1v) is 6.97. The molecule has 0 bridgehead atoms. The number of carbonyl (C=O) groups is 2. The molecule has 8 nitrogen and oxygen atoms in total. The standard InChI is InChI=1S/C14H17N3O5/c15-22-14(19)10-3-1-9(2-4-10)13(18)16-11-5-7-12(8-6-11)17(20)21/h5-10H,1-4,15H2,(H,16,18). The number of nitrogens with one attached hydrogen (secondary N) is 1. The summed E-state index contributed by atoms with van der Waals surface area (Å²) in [5, 5.41) is 13.3. The molecule has 1 aromatic carbocycles. The predicted octanol–water partition coefficient (Wildman–Crippen LogP) is 1.76. The molecule has 1 aliphatic carbocycles. The Morgan fingerprint density at radius 3 is 2.18 bits per heavy atom. The first kappa shape index (κ1) is 15.9. The van der Waals surface area contributed by atoms with E-state index < -0.39 is 10.9 Å². The molecule has 1 aromatic rings. The molecule has 118 valence electrons. The molecule has 0 unspecified atom stereocenters. The topological polar surface area (TPSA) is 125 Å². The number of anilines is 1. The number of nitro benzene ring substituents is 1. The Labute approximate surface area is 126 Å². The summed E-state index contributed by atoms with van der Waals surface area (Å²) in [6.45, 7) is 0. The van der Waals surface area contributed by atoms with Crippen molar-refractivity contribution in [3.8, 4) is 0 Å². The SMILES string of the molecule is NOC(=O)C1CCC(C(=O)Nc2ccc([N+](=O)[O-])cc2)CC1. The number of carbonyl (C=O) groups excluding carboxylic acids is 2. The molecule has 8 heteroatoms. The van der Waals surface area contributed by atoms with E-state index in [1.165, 1.54) is 24.3 Å². The highest BCUT2D eigenvalue weighted by atomic mass is 16.7. The number of hydrogen-bond donors (Lipinski definition) is 2. The number of hydrogen-bond acceptors (Lipinski definition) is 6. The van der Waals surface area contributed by atoms with Gasteiger partial charge in [0.1, 0.15) is 0 Å². The van der Waals surface area contributed by atoms with E-state index in [0.717, 1.165) is 0 Å². The molecule has 1 aliphatic rings. The normalized spacial score (nSPS) is 21.0. The minimum Gasteiger partial charge on any atom is -0.373 e. The smallest absolute Gasteiger partial charge is 0.327 e. The van der Waals surface area contributed by atoms with E-state index >= 15 is 0 Å². The third-order valence-electron chi connectivity index (χ3n) is 3.89. The Morgan fingerprint density at radius 1 is 1.14 bits per heavy atom. The molecule has 0 heterocycles. The van der Waals surface area contributed by atoms with Crippen molar-refractivity contribution in [3.05, 3.63) is 34.4 Å². The summed E-state index contributed by atoms with van der Waals surface area (Å²) in [5.74, 6) is 3.85. The van der Waals surface area contributed by atoms with Crippen molar-refractivity contribution in [2.24, 2.45) is 17.7 Å². The Morgan fingerprint density at radius 2 is 1.68 bits per heavy atom. The van der Waals surface area contributed by atoms with Gasteiger partial charge in [-0.1, -0.05) is 0 Å². The first-order valence-electron chi connectivity index (χ1n) is 6.97. The maximum absolute atomic E-state index is 12.1. The van der Waals surface area contributed by atoms with E-state index in [-0.39, 0.29) is 23.4 Å². The van der Waals surface area contributed by atoms with Crippen LogP contribution in [0.4, 0.5) is 11.4 Å². The molecule has 0 saturated heterocycles. The number of rotatable bonds is 4. The Hall–Kier alpha value is -2.48. The van der Waals surface area contributed by atoms with Gasteiger partial charge in [0.25, 0.3) is 5.69 Å². The molecule has 2 rings (SSSR count). The lowest BCUT2D eigenvalue weighted by Crippen LogP contribution is -2.31. The first-order chi connectivity index (χ1) is 10.5. The highest BCUT2D eigenvalue weighted by Crippen LogP contribution is 2.30. The average molecular weight is 307 g/mol. The Balaban J connectivity index is 1.88. The van der Waals surface area contributed by atoms with Crippen LogP contribution < -0.4 is 11.2 Å². The molecular formula is C14H17N3O5. The van der Waals surface area contributed by atoms with Crippen LogP contribution in [-0.4, -0.2) is 16.8 Å². The Kier molecular flexibility index (Phi) is 5.05. The molecule has 0 spiro atoms. The van der Waals surface area contributed by atoms with Crippen molar-refractivity contribution in [3.63, 3.8) is 0 Å². The van der Waals surface area contributed by atoms with Gasteiger partial charge in [0.2, 0.25) is 5.91 Å². The lowest BCUT2D eigenvalue weighted by atomic mass is 9.81. The lowest BCUT2D eigenvalue weighted by Gasteiger charge is -2.25. The second kappa shape index (κ2) is 6.99. The van der Waals surface area contributed by atoms with Gasteiger partial charge in [0, 0.05) is 23.7 Å². The monoisotopic (exact) mass is 307 g/mol. The summed E-state index contributed by atoms with van der Waals surface area (Å²) in [6, 6.07) is 5.66. The van der Waals surface area contributed by atoms with Gasteiger partial charge in [0.15, 0.2) is 0 Å². The molecule has 0 radical (unpaired) electrons. The van der Waals surface area contributed by atoms with E-state index in [1.807, 2.05) is 0 Å². The summed E-state index contributed by atoms with van der Waals surface area (Å²) in [6.07, 6.45) is 2.29. The van der Waals surface area contributed by atoms with Gasteiger partial charge in [-0.05, 0) is 37.8 Å². The second-order valence-corrected chi connectivity index (χ2v) is 5.28. The van der Waals surface area contributed by atoms with Gasteiger partial charge in [-0.2, -0.15) is 5.90 Å². The number of nitrogens with two attached hydrogens (primary N) is 1. The maximum atomic E-state index is 12.1. The summed E-state index contributed by atoms with van der Waals surface area (Å²) >= 11 is 0. The molecule has 0 aliphatic heterocycles. The quantitative estimate of drug-likeness (QED) is 0.645. The van der Waals surface area contributed by atoms with Crippen LogP contribution in [-0.2, 0) is 14.4 Å². The van der Waals surface area contributed by atoms with Crippen molar-refractivity contribution >= 4 is 23.3 Å². The molecule has 0 aromatic heterocycles. The predicted molar refractivity (Wildman–Crippen MR) is 77.5 cm³/mol. The van der Waals surface area contributed by atoms with Crippen LogP contribution in [0.3, 0.4) is 0 Å². The molecule has 1 fully saturated rings. The third-order valence-corrected chi connectivity index (χ3v) is 3.89. The van der Waals surface area contributed by atoms with Crippen LogP contribution in [0.2, 0.25) is 0 Å². The van der Waals surface area contributed by atoms with Gasteiger partial charge in [-0.15, -0.1) is 0 Å².